The summed E-state index contributed by atoms with van der Waals surface area (Å²) in [5.41, 5.74) is 0.0619. The van der Waals surface area contributed by atoms with Crippen LogP contribution in [0, 0.1) is 6.92 Å². The molecule has 0 radical (unpaired) electrons. The Morgan fingerprint density at radius 3 is 2.03 bits per heavy atom. The summed E-state index contributed by atoms with van der Waals surface area (Å²) in [6.07, 6.45) is -4.62. The van der Waals surface area contributed by atoms with Gasteiger partial charge in [0.2, 0.25) is 0 Å². The topological polar surface area (TPSA) is 87.8 Å². The average molecular weight is 449 g/mol. The molecule has 0 N–H and O–H groups in total. The first-order chi connectivity index (χ1) is 15.4. The van der Waals surface area contributed by atoms with Crippen LogP contribution in [0.3, 0.4) is 0 Å². The van der Waals surface area contributed by atoms with E-state index in [0.717, 1.165) is 29.2 Å². The highest BCUT2D eigenvalue weighted by atomic mass is 19.4. The highest BCUT2D eigenvalue weighted by Crippen LogP contribution is 2.28. The van der Waals surface area contributed by atoms with Crippen molar-refractivity contribution >= 4 is 23.1 Å². The SMILES string of the molecule is Cc1nc(N2CCOCC2)cc(N2CCN(c3ccc4nnc(C(F)(F)F)n4n3)CC2)n1. The van der Waals surface area contributed by atoms with Crippen LogP contribution >= 0.6 is 0 Å². The molecule has 0 spiro atoms. The summed E-state index contributed by atoms with van der Waals surface area (Å²) in [5, 5.41) is 10.9. The molecule has 32 heavy (non-hydrogen) atoms. The lowest BCUT2D eigenvalue weighted by molar-refractivity contribution is -0.146. The number of ether oxygens (including phenoxy) is 1. The second-order valence-electron chi connectivity index (χ2n) is 7.69. The molecule has 0 bridgehead atoms. The van der Waals surface area contributed by atoms with Crippen LogP contribution in [0.1, 0.15) is 11.6 Å². The van der Waals surface area contributed by atoms with Crippen LogP contribution in [0.25, 0.3) is 5.65 Å². The number of hydrogen-bond acceptors (Lipinski definition) is 9. The second-order valence-corrected chi connectivity index (χ2v) is 7.69. The van der Waals surface area contributed by atoms with Crippen LogP contribution in [-0.4, -0.2) is 82.3 Å². The van der Waals surface area contributed by atoms with Gasteiger partial charge in [-0.05, 0) is 19.1 Å². The van der Waals surface area contributed by atoms with Crippen molar-refractivity contribution in [3.8, 4) is 0 Å². The fourth-order valence-corrected chi connectivity index (χ4v) is 3.94. The summed E-state index contributed by atoms with van der Waals surface area (Å²) in [5.74, 6) is 1.76. The molecule has 2 fully saturated rings. The van der Waals surface area contributed by atoms with Crippen LogP contribution in [0.4, 0.5) is 30.6 Å². The molecule has 0 atom stereocenters. The van der Waals surface area contributed by atoms with E-state index in [4.69, 9.17) is 4.74 Å². The summed E-state index contributed by atoms with van der Waals surface area (Å²) >= 11 is 0. The molecule has 2 aliphatic rings. The molecule has 3 aromatic rings. The summed E-state index contributed by atoms with van der Waals surface area (Å²) in [6, 6.07) is 5.16. The van der Waals surface area contributed by atoms with E-state index in [9.17, 15) is 13.2 Å². The van der Waals surface area contributed by atoms with E-state index in [2.05, 4.69) is 35.1 Å². The van der Waals surface area contributed by atoms with Gasteiger partial charge in [0, 0.05) is 45.3 Å². The predicted octanol–water partition coefficient (Wildman–Crippen LogP) is 1.40. The van der Waals surface area contributed by atoms with Crippen LogP contribution < -0.4 is 14.7 Å². The maximum atomic E-state index is 13.2. The lowest BCUT2D eigenvalue weighted by Gasteiger charge is -2.36. The zero-order chi connectivity index (χ0) is 22.3. The minimum atomic E-state index is -4.62. The third-order valence-electron chi connectivity index (χ3n) is 5.58. The number of halogens is 3. The second kappa shape index (κ2) is 8.04. The van der Waals surface area contributed by atoms with Crippen molar-refractivity contribution < 1.29 is 17.9 Å². The standard InChI is InChI=1S/C19H22F3N9O/c1-13-23-16(12-17(24-13)30-8-10-32-11-9-30)29-6-4-28(5-7-29)15-3-2-14-25-26-18(19(20,21)22)31(14)27-15/h2-3,12H,4-11H2,1H3. The highest BCUT2D eigenvalue weighted by molar-refractivity contribution is 5.53. The molecule has 2 saturated heterocycles. The van der Waals surface area contributed by atoms with Gasteiger partial charge in [-0.15, -0.1) is 15.3 Å². The largest absolute Gasteiger partial charge is 0.453 e. The van der Waals surface area contributed by atoms with Crippen molar-refractivity contribution in [1.29, 1.82) is 0 Å². The summed E-state index contributed by atoms with van der Waals surface area (Å²) < 4.78 is 45.6. The molecule has 5 heterocycles. The van der Waals surface area contributed by atoms with Gasteiger partial charge in [0.05, 0.1) is 13.2 Å². The fraction of sp³-hybridized carbons (Fsp3) is 0.526. The van der Waals surface area contributed by atoms with Gasteiger partial charge >= 0.3 is 6.18 Å². The molecule has 2 aliphatic heterocycles. The van der Waals surface area contributed by atoms with Crippen molar-refractivity contribution in [3.05, 3.63) is 29.8 Å². The Morgan fingerprint density at radius 1 is 0.812 bits per heavy atom. The molecule has 5 rings (SSSR count). The molecular weight excluding hydrogens is 427 g/mol. The lowest BCUT2D eigenvalue weighted by atomic mass is 10.3. The Balaban J connectivity index is 1.32. The molecule has 0 amide bonds. The summed E-state index contributed by atoms with van der Waals surface area (Å²) in [4.78, 5) is 15.5. The first-order valence-electron chi connectivity index (χ1n) is 10.4. The predicted molar refractivity (Wildman–Crippen MR) is 110 cm³/mol. The van der Waals surface area contributed by atoms with Gasteiger partial charge in [0.25, 0.3) is 5.82 Å². The third-order valence-corrected chi connectivity index (χ3v) is 5.58. The maximum Gasteiger partial charge on any atom is 0.453 e. The Hall–Kier alpha value is -3.22. The van der Waals surface area contributed by atoms with E-state index < -0.39 is 12.0 Å². The van der Waals surface area contributed by atoms with Crippen molar-refractivity contribution in [2.45, 2.75) is 13.1 Å². The van der Waals surface area contributed by atoms with Gasteiger partial charge in [0.15, 0.2) is 5.65 Å². The van der Waals surface area contributed by atoms with Crippen LogP contribution in [0.2, 0.25) is 0 Å². The molecule has 170 valence electrons. The fourth-order valence-electron chi connectivity index (χ4n) is 3.94. The molecule has 0 unspecified atom stereocenters. The van der Waals surface area contributed by atoms with Crippen LogP contribution in [-0.2, 0) is 10.9 Å². The molecule has 3 aromatic heterocycles. The first-order valence-corrected chi connectivity index (χ1v) is 10.4. The molecule has 10 nitrogen and oxygen atoms in total. The van der Waals surface area contributed by atoms with Gasteiger partial charge < -0.3 is 19.4 Å². The van der Waals surface area contributed by atoms with Crippen molar-refractivity contribution in [3.63, 3.8) is 0 Å². The number of morpholine rings is 1. The Morgan fingerprint density at radius 2 is 1.41 bits per heavy atom. The molecule has 0 aliphatic carbocycles. The molecule has 13 heteroatoms. The molecule has 0 aromatic carbocycles. The third kappa shape index (κ3) is 3.99. The normalized spacial score (nSPS) is 17.9. The summed E-state index contributed by atoms with van der Waals surface area (Å²) in [7, 11) is 0. The van der Waals surface area contributed by atoms with E-state index in [1.54, 1.807) is 6.07 Å². The zero-order valence-corrected chi connectivity index (χ0v) is 17.5. The first kappa shape index (κ1) is 20.7. The average Bonchev–Trinajstić information content (AvgIpc) is 3.23. The number of nitrogens with zero attached hydrogens (tertiary/aromatic N) is 9. The van der Waals surface area contributed by atoms with Crippen molar-refractivity contribution in [2.75, 3.05) is 67.2 Å². The minimum Gasteiger partial charge on any atom is -0.378 e. The van der Waals surface area contributed by atoms with Crippen molar-refractivity contribution in [2.24, 2.45) is 0 Å². The maximum absolute atomic E-state index is 13.2. The van der Waals surface area contributed by atoms with E-state index in [1.807, 2.05) is 17.9 Å². The Kier molecular flexibility index (Phi) is 5.19. The van der Waals surface area contributed by atoms with Gasteiger partial charge in [-0.3, -0.25) is 0 Å². The smallest absolute Gasteiger partial charge is 0.378 e. The monoisotopic (exact) mass is 449 g/mol. The molecular formula is C19H22F3N9O. The van der Waals surface area contributed by atoms with E-state index >= 15 is 0 Å². The summed E-state index contributed by atoms with van der Waals surface area (Å²) in [6.45, 7) is 7.32. The van der Waals surface area contributed by atoms with E-state index in [0.29, 0.717) is 51.0 Å². The van der Waals surface area contributed by atoms with Gasteiger partial charge in [-0.25, -0.2) is 9.97 Å². The molecule has 0 saturated carbocycles. The number of rotatable bonds is 3. The number of hydrogen-bond donors (Lipinski definition) is 0. The number of aryl methyl sites for hydroxylation is 1. The van der Waals surface area contributed by atoms with Gasteiger partial charge in [-0.2, -0.15) is 17.7 Å². The lowest BCUT2D eigenvalue weighted by Crippen LogP contribution is -2.47. The van der Waals surface area contributed by atoms with Gasteiger partial charge in [-0.1, -0.05) is 0 Å². The zero-order valence-electron chi connectivity index (χ0n) is 17.5. The minimum absolute atomic E-state index is 0.0619. The van der Waals surface area contributed by atoms with Crippen LogP contribution in [0.15, 0.2) is 18.2 Å². The van der Waals surface area contributed by atoms with Crippen molar-refractivity contribution in [1.82, 2.24) is 29.8 Å². The van der Waals surface area contributed by atoms with Crippen LogP contribution in [0.5, 0.6) is 0 Å². The number of fused-ring (bicyclic) bond motifs is 1. The Bertz CT molecular complexity index is 1110. The number of anilines is 3. The number of alkyl halides is 3. The number of piperazine rings is 1. The quantitative estimate of drug-likeness (QED) is 0.589. The highest BCUT2D eigenvalue weighted by Gasteiger charge is 2.38. The van der Waals surface area contributed by atoms with E-state index in [1.165, 1.54) is 6.07 Å². The Labute approximate surface area is 181 Å². The van der Waals surface area contributed by atoms with E-state index in [-0.39, 0.29) is 5.65 Å². The van der Waals surface area contributed by atoms with Gasteiger partial charge in [0.1, 0.15) is 23.3 Å². The number of aromatic nitrogens is 6.